The largest absolute Gasteiger partial charge is 0.459 e. The fourth-order valence-corrected chi connectivity index (χ4v) is 6.74. The van der Waals surface area contributed by atoms with E-state index >= 15 is 0 Å². The van der Waals surface area contributed by atoms with Crippen LogP contribution in [0, 0.1) is 18.8 Å². The molecule has 2 atom stereocenters. The molecule has 5 heteroatoms. The number of rotatable bonds is 12. The van der Waals surface area contributed by atoms with Crippen molar-refractivity contribution in [3.05, 3.63) is 48.0 Å². The summed E-state index contributed by atoms with van der Waals surface area (Å²) in [6.07, 6.45) is 20.8. The Balaban J connectivity index is 1.38. The van der Waals surface area contributed by atoms with E-state index in [1.54, 1.807) is 18.4 Å². The minimum absolute atomic E-state index is 0.0858. The van der Waals surface area contributed by atoms with Crippen molar-refractivity contribution in [1.29, 1.82) is 0 Å². The van der Waals surface area contributed by atoms with Crippen LogP contribution in [0.15, 0.2) is 41.1 Å². The zero-order chi connectivity index (χ0) is 26.0. The number of aromatic nitrogens is 1. The first kappa shape index (κ1) is 27.9. The summed E-state index contributed by atoms with van der Waals surface area (Å²) >= 11 is 0. The number of anilines is 1. The lowest BCUT2D eigenvalue weighted by Gasteiger charge is -2.42. The molecule has 0 bridgehead atoms. The third-order valence-electron chi connectivity index (χ3n) is 8.97. The summed E-state index contributed by atoms with van der Waals surface area (Å²) in [5, 5.41) is 0. The molecule has 204 valence electrons. The number of carbonyl (C=O) groups excluding carboxylic acids is 1. The van der Waals surface area contributed by atoms with Crippen molar-refractivity contribution in [3.63, 3.8) is 0 Å². The summed E-state index contributed by atoms with van der Waals surface area (Å²) in [4.78, 5) is 22.7. The molecule has 2 unspecified atom stereocenters. The fraction of sp³-hybridized carbons (Fsp3) is 0.688. The molecule has 4 rings (SSSR count). The molecule has 37 heavy (non-hydrogen) atoms. The third kappa shape index (κ3) is 7.69. The van der Waals surface area contributed by atoms with Gasteiger partial charge < -0.3 is 9.32 Å². The molecule has 3 heterocycles. The van der Waals surface area contributed by atoms with Crippen molar-refractivity contribution in [2.45, 2.75) is 116 Å². The summed E-state index contributed by atoms with van der Waals surface area (Å²) in [5.74, 6) is 2.83. The molecular weight excluding hydrogens is 458 g/mol. The highest BCUT2D eigenvalue weighted by molar-refractivity contribution is 6.04. The Morgan fingerprint density at radius 3 is 2.51 bits per heavy atom. The van der Waals surface area contributed by atoms with Gasteiger partial charge in [-0.2, -0.15) is 0 Å². The van der Waals surface area contributed by atoms with E-state index in [0.29, 0.717) is 11.8 Å². The van der Waals surface area contributed by atoms with Gasteiger partial charge in [0.1, 0.15) is 5.82 Å². The normalized spacial score (nSPS) is 19.5. The van der Waals surface area contributed by atoms with Crippen LogP contribution >= 0.6 is 0 Å². The van der Waals surface area contributed by atoms with Crippen LogP contribution in [0.5, 0.6) is 0 Å². The second-order valence-corrected chi connectivity index (χ2v) is 11.7. The molecular formula is C32H49N3O2. The Morgan fingerprint density at radius 2 is 1.86 bits per heavy atom. The van der Waals surface area contributed by atoms with Gasteiger partial charge in [0.15, 0.2) is 5.76 Å². The molecule has 0 N–H and O–H groups in total. The number of hydrogen-bond donors (Lipinski definition) is 0. The maximum Gasteiger partial charge on any atom is 0.295 e. The van der Waals surface area contributed by atoms with Crippen LogP contribution in [0.4, 0.5) is 5.82 Å². The number of unbranched alkanes of at least 4 members (excludes halogenated alkanes) is 3. The van der Waals surface area contributed by atoms with Gasteiger partial charge in [0, 0.05) is 31.4 Å². The Hall–Kier alpha value is -2.14. The summed E-state index contributed by atoms with van der Waals surface area (Å²) in [6.45, 7) is 8.86. The number of carbonyl (C=O) groups is 1. The number of piperidine rings is 1. The van der Waals surface area contributed by atoms with Gasteiger partial charge >= 0.3 is 0 Å². The Morgan fingerprint density at radius 1 is 1.08 bits per heavy atom. The minimum atomic E-state index is -0.0858. The van der Waals surface area contributed by atoms with Gasteiger partial charge in [-0.3, -0.25) is 9.69 Å². The van der Waals surface area contributed by atoms with Crippen LogP contribution in [-0.2, 0) is 0 Å². The van der Waals surface area contributed by atoms with Crippen molar-refractivity contribution in [1.82, 2.24) is 9.88 Å². The first-order chi connectivity index (χ1) is 18.1. The van der Waals surface area contributed by atoms with E-state index in [0.717, 1.165) is 49.1 Å². The number of hydrogen-bond acceptors (Lipinski definition) is 4. The van der Waals surface area contributed by atoms with Crippen molar-refractivity contribution >= 4 is 11.7 Å². The fourth-order valence-electron chi connectivity index (χ4n) is 6.74. The predicted molar refractivity (Wildman–Crippen MR) is 152 cm³/mol. The number of likely N-dealkylation sites (tertiary alicyclic amines) is 1. The van der Waals surface area contributed by atoms with E-state index in [9.17, 15) is 4.79 Å². The second-order valence-electron chi connectivity index (χ2n) is 11.7. The Kier molecular flexibility index (Phi) is 10.7. The monoisotopic (exact) mass is 507 g/mol. The molecule has 1 aliphatic heterocycles. The van der Waals surface area contributed by atoms with E-state index in [1.165, 1.54) is 70.6 Å². The average Bonchev–Trinajstić information content (AvgIpc) is 3.48. The predicted octanol–water partition coefficient (Wildman–Crippen LogP) is 8.04. The maximum absolute atomic E-state index is 13.5. The molecule has 2 aliphatic rings. The quantitative estimate of drug-likeness (QED) is 0.273. The Labute approximate surface area is 225 Å². The highest BCUT2D eigenvalue weighted by Crippen LogP contribution is 2.37. The number of amides is 1. The van der Waals surface area contributed by atoms with Crippen molar-refractivity contribution in [3.8, 4) is 0 Å². The summed E-state index contributed by atoms with van der Waals surface area (Å²) in [6, 6.07) is 8.28. The van der Waals surface area contributed by atoms with Crippen LogP contribution < -0.4 is 4.90 Å². The highest BCUT2D eigenvalue weighted by atomic mass is 16.3. The molecule has 1 saturated heterocycles. The van der Waals surface area contributed by atoms with Gasteiger partial charge in [0.2, 0.25) is 0 Å². The summed E-state index contributed by atoms with van der Waals surface area (Å²) < 4.78 is 5.49. The van der Waals surface area contributed by atoms with Crippen LogP contribution in [0.2, 0.25) is 0 Å². The van der Waals surface area contributed by atoms with E-state index in [-0.39, 0.29) is 11.9 Å². The molecule has 5 nitrogen and oxygen atoms in total. The molecule has 0 radical (unpaired) electrons. The molecule has 1 amide bonds. The van der Waals surface area contributed by atoms with Gasteiger partial charge in [-0.15, -0.1) is 0 Å². The van der Waals surface area contributed by atoms with Crippen LogP contribution in [0.1, 0.15) is 113 Å². The van der Waals surface area contributed by atoms with E-state index in [2.05, 4.69) is 23.7 Å². The minimum Gasteiger partial charge on any atom is -0.459 e. The second kappa shape index (κ2) is 14.1. The van der Waals surface area contributed by atoms with E-state index in [1.807, 2.05) is 30.2 Å². The van der Waals surface area contributed by atoms with Crippen molar-refractivity contribution in [2.75, 3.05) is 18.0 Å². The zero-order valence-corrected chi connectivity index (χ0v) is 23.5. The molecule has 2 aromatic rings. The first-order valence-corrected chi connectivity index (χ1v) is 15.1. The smallest absolute Gasteiger partial charge is 0.295 e. The SMILES string of the molecule is CCCCCCC(CC(C)N1CCC(N(C(=O)c2ccco2)c2ccc(C)cn2)CC1)C1CCCCC1. The number of pyridine rings is 1. The number of aryl methyl sites for hydroxylation is 1. The molecule has 2 aromatic heterocycles. The van der Waals surface area contributed by atoms with Gasteiger partial charge in [0.25, 0.3) is 5.91 Å². The van der Waals surface area contributed by atoms with E-state index in [4.69, 9.17) is 4.42 Å². The molecule has 1 aliphatic carbocycles. The molecule has 2 fully saturated rings. The van der Waals surface area contributed by atoms with Crippen molar-refractivity contribution < 1.29 is 9.21 Å². The summed E-state index contributed by atoms with van der Waals surface area (Å²) in [7, 11) is 0. The van der Waals surface area contributed by atoms with Gasteiger partial charge in [-0.1, -0.05) is 77.2 Å². The lowest BCUT2D eigenvalue weighted by atomic mass is 9.75. The van der Waals surface area contributed by atoms with Crippen LogP contribution in [0.25, 0.3) is 0 Å². The highest BCUT2D eigenvalue weighted by Gasteiger charge is 2.34. The Bertz CT molecular complexity index is 912. The lowest BCUT2D eigenvalue weighted by molar-refractivity contribution is 0.0901. The lowest BCUT2D eigenvalue weighted by Crippen LogP contribution is -2.50. The average molecular weight is 508 g/mol. The first-order valence-electron chi connectivity index (χ1n) is 15.1. The molecule has 0 aromatic carbocycles. The van der Waals surface area contributed by atoms with Crippen LogP contribution in [0.3, 0.4) is 0 Å². The van der Waals surface area contributed by atoms with Gasteiger partial charge in [-0.05, 0) is 68.7 Å². The third-order valence-corrected chi connectivity index (χ3v) is 8.97. The molecule has 1 saturated carbocycles. The standard InChI is InChI=1S/C32H49N3O2/c1-4-5-6-8-14-28(27-12-9-7-10-13-27)23-26(3)34-20-18-29(19-21-34)35(31-17-16-25(2)24-33-31)32(36)30-15-11-22-37-30/h11,15-17,22,24,26-29H,4-10,12-14,18-21,23H2,1-3H3. The number of nitrogens with zero attached hydrogens (tertiary/aromatic N) is 3. The zero-order valence-electron chi connectivity index (χ0n) is 23.5. The topological polar surface area (TPSA) is 49.6 Å². The number of furan rings is 1. The van der Waals surface area contributed by atoms with Crippen molar-refractivity contribution in [2.24, 2.45) is 11.8 Å². The summed E-state index contributed by atoms with van der Waals surface area (Å²) in [5.41, 5.74) is 1.10. The van der Waals surface area contributed by atoms with Gasteiger partial charge in [0.05, 0.1) is 6.26 Å². The van der Waals surface area contributed by atoms with Gasteiger partial charge in [-0.25, -0.2) is 4.98 Å². The van der Waals surface area contributed by atoms with Crippen LogP contribution in [-0.4, -0.2) is 41.0 Å². The maximum atomic E-state index is 13.5. The molecule has 0 spiro atoms. The van der Waals surface area contributed by atoms with E-state index < -0.39 is 0 Å².